The second-order valence-electron chi connectivity index (χ2n) is 7.47. The third-order valence-corrected chi connectivity index (χ3v) is 5.63. The summed E-state index contributed by atoms with van der Waals surface area (Å²) in [5, 5.41) is 3.17. The van der Waals surface area contributed by atoms with E-state index in [9.17, 15) is 4.79 Å². The first-order valence-corrected chi connectivity index (χ1v) is 10.1. The van der Waals surface area contributed by atoms with Crippen LogP contribution in [0.3, 0.4) is 0 Å². The number of nitrogens with one attached hydrogen (secondary N) is 1. The monoisotopic (exact) mass is 375 g/mol. The standard InChI is InChI=1S/C21H33N3O3/c1-26-17-20-19(21(25)22-9-11-23-12-14-27-15-13-23)8-5-10-24(20)16-18-6-3-2-4-7-18/h2-4,6-7,19-20H,5,8-17H2,1H3,(H,22,25). The Morgan fingerprint density at radius 1 is 1.22 bits per heavy atom. The van der Waals surface area contributed by atoms with Gasteiger partial charge in [0.25, 0.3) is 0 Å². The second-order valence-corrected chi connectivity index (χ2v) is 7.47. The lowest BCUT2D eigenvalue weighted by Gasteiger charge is -2.40. The molecule has 0 radical (unpaired) electrons. The van der Waals surface area contributed by atoms with Crippen LogP contribution in [0, 0.1) is 5.92 Å². The number of piperidine rings is 1. The molecule has 2 fully saturated rings. The van der Waals surface area contributed by atoms with Crippen LogP contribution in [0.15, 0.2) is 30.3 Å². The molecule has 3 rings (SSSR count). The van der Waals surface area contributed by atoms with Gasteiger partial charge in [0.1, 0.15) is 0 Å². The smallest absolute Gasteiger partial charge is 0.224 e. The molecule has 6 nitrogen and oxygen atoms in total. The average Bonchev–Trinajstić information content (AvgIpc) is 2.71. The molecule has 0 aromatic heterocycles. The van der Waals surface area contributed by atoms with E-state index in [1.807, 2.05) is 6.07 Å². The Balaban J connectivity index is 1.54. The van der Waals surface area contributed by atoms with Crippen molar-refractivity contribution in [3.63, 3.8) is 0 Å². The minimum absolute atomic E-state index is 0.00731. The number of rotatable bonds is 8. The van der Waals surface area contributed by atoms with Crippen molar-refractivity contribution in [2.45, 2.75) is 25.4 Å². The van der Waals surface area contributed by atoms with Gasteiger partial charge < -0.3 is 14.8 Å². The van der Waals surface area contributed by atoms with Crippen molar-refractivity contribution < 1.29 is 14.3 Å². The van der Waals surface area contributed by atoms with Gasteiger partial charge in [0, 0.05) is 45.9 Å². The lowest BCUT2D eigenvalue weighted by Crippen LogP contribution is -2.53. The number of morpholine rings is 1. The summed E-state index contributed by atoms with van der Waals surface area (Å²) in [4.78, 5) is 17.6. The van der Waals surface area contributed by atoms with Crippen LogP contribution in [-0.2, 0) is 20.8 Å². The summed E-state index contributed by atoms with van der Waals surface area (Å²) in [5.41, 5.74) is 1.28. The molecule has 2 unspecified atom stereocenters. The highest BCUT2D eigenvalue weighted by molar-refractivity contribution is 5.79. The van der Waals surface area contributed by atoms with E-state index in [0.717, 1.165) is 58.8 Å². The van der Waals surface area contributed by atoms with Crippen molar-refractivity contribution in [2.75, 3.05) is 59.7 Å². The van der Waals surface area contributed by atoms with Crippen LogP contribution in [0.1, 0.15) is 18.4 Å². The molecule has 0 spiro atoms. The van der Waals surface area contributed by atoms with Crippen LogP contribution in [0.25, 0.3) is 0 Å². The number of likely N-dealkylation sites (tertiary alicyclic amines) is 1. The highest BCUT2D eigenvalue weighted by Gasteiger charge is 2.35. The van der Waals surface area contributed by atoms with Gasteiger partial charge in [0.15, 0.2) is 0 Å². The molecule has 1 aromatic carbocycles. The number of ether oxygens (including phenoxy) is 2. The predicted molar refractivity (Wildman–Crippen MR) is 106 cm³/mol. The number of methoxy groups -OCH3 is 1. The van der Waals surface area contributed by atoms with Crippen LogP contribution >= 0.6 is 0 Å². The van der Waals surface area contributed by atoms with Gasteiger partial charge in [-0.3, -0.25) is 14.6 Å². The number of amides is 1. The zero-order chi connectivity index (χ0) is 18.9. The summed E-state index contributed by atoms with van der Waals surface area (Å²) < 4.78 is 10.9. The van der Waals surface area contributed by atoms with Crippen molar-refractivity contribution in [2.24, 2.45) is 5.92 Å². The third-order valence-electron chi connectivity index (χ3n) is 5.63. The summed E-state index contributed by atoms with van der Waals surface area (Å²) in [5.74, 6) is 0.162. The van der Waals surface area contributed by atoms with E-state index in [2.05, 4.69) is 39.4 Å². The molecule has 0 saturated carbocycles. The zero-order valence-corrected chi connectivity index (χ0v) is 16.4. The molecule has 6 heteroatoms. The number of hydrogen-bond acceptors (Lipinski definition) is 5. The first-order valence-electron chi connectivity index (χ1n) is 10.1. The Bertz CT molecular complexity index is 563. The highest BCUT2D eigenvalue weighted by Crippen LogP contribution is 2.26. The lowest BCUT2D eigenvalue weighted by molar-refractivity contribution is -0.130. The summed E-state index contributed by atoms with van der Waals surface area (Å²) in [6.07, 6.45) is 1.98. The molecule has 1 N–H and O–H groups in total. The molecule has 2 aliphatic heterocycles. The Labute approximate surface area is 162 Å². The van der Waals surface area contributed by atoms with Crippen LogP contribution in [0.4, 0.5) is 0 Å². The fourth-order valence-corrected chi connectivity index (χ4v) is 4.13. The third kappa shape index (κ3) is 6.01. The van der Waals surface area contributed by atoms with Gasteiger partial charge in [-0.25, -0.2) is 0 Å². The predicted octanol–water partition coefficient (Wildman–Crippen LogP) is 1.36. The number of carbonyl (C=O) groups excluding carboxylic acids is 1. The molecular formula is C21H33N3O3. The first-order chi connectivity index (χ1) is 13.3. The summed E-state index contributed by atoms with van der Waals surface area (Å²) in [7, 11) is 1.72. The molecule has 150 valence electrons. The van der Waals surface area contributed by atoms with E-state index in [4.69, 9.17) is 9.47 Å². The van der Waals surface area contributed by atoms with Crippen LogP contribution in [0.5, 0.6) is 0 Å². The van der Waals surface area contributed by atoms with Crippen molar-refractivity contribution in [3.05, 3.63) is 35.9 Å². The normalized spacial score (nSPS) is 24.6. The van der Waals surface area contributed by atoms with Gasteiger partial charge >= 0.3 is 0 Å². The molecular weight excluding hydrogens is 342 g/mol. The minimum atomic E-state index is -0.00731. The van der Waals surface area contributed by atoms with Crippen molar-refractivity contribution >= 4 is 5.91 Å². The number of hydrogen-bond donors (Lipinski definition) is 1. The highest BCUT2D eigenvalue weighted by atomic mass is 16.5. The number of carbonyl (C=O) groups is 1. The van der Waals surface area contributed by atoms with E-state index in [-0.39, 0.29) is 17.9 Å². The fraction of sp³-hybridized carbons (Fsp3) is 0.667. The maximum absolute atomic E-state index is 12.9. The molecule has 0 bridgehead atoms. The Hall–Kier alpha value is -1.47. The topological polar surface area (TPSA) is 54.0 Å². The van der Waals surface area contributed by atoms with Gasteiger partial charge in [-0.05, 0) is 24.9 Å². The maximum Gasteiger partial charge on any atom is 0.224 e. The van der Waals surface area contributed by atoms with E-state index in [1.54, 1.807) is 7.11 Å². The minimum Gasteiger partial charge on any atom is -0.383 e. The van der Waals surface area contributed by atoms with E-state index in [1.165, 1.54) is 5.56 Å². The van der Waals surface area contributed by atoms with Gasteiger partial charge in [0.2, 0.25) is 5.91 Å². The zero-order valence-electron chi connectivity index (χ0n) is 16.4. The van der Waals surface area contributed by atoms with Gasteiger partial charge in [-0.2, -0.15) is 0 Å². The number of benzene rings is 1. The van der Waals surface area contributed by atoms with Crippen LogP contribution in [-0.4, -0.2) is 81.4 Å². The Morgan fingerprint density at radius 2 is 2.00 bits per heavy atom. The van der Waals surface area contributed by atoms with E-state index < -0.39 is 0 Å². The largest absolute Gasteiger partial charge is 0.383 e. The van der Waals surface area contributed by atoms with Crippen LogP contribution in [0.2, 0.25) is 0 Å². The molecule has 2 atom stereocenters. The molecule has 1 amide bonds. The molecule has 27 heavy (non-hydrogen) atoms. The van der Waals surface area contributed by atoms with Crippen molar-refractivity contribution in [1.82, 2.24) is 15.1 Å². The van der Waals surface area contributed by atoms with E-state index in [0.29, 0.717) is 13.2 Å². The lowest BCUT2D eigenvalue weighted by atomic mass is 9.88. The van der Waals surface area contributed by atoms with Crippen molar-refractivity contribution in [3.8, 4) is 0 Å². The summed E-state index contributed by atoms with van der Waals surface area (Å²) >= 11 is 0. The molecule has 0 aliphatic carbocycles. The van der Waals surface area contributed by atoms with Gasteiger partial charge in [0.05, 0.1) is 25.7 Å². The first kappa shape index (κ1) is 20.3. The maximum atomic E-state index is 12.9. The summed E-state index contributed by atoms with van der Waals surface area (Å²) in [6.45, 7) is 7.56. The molecule has 2 aliphatic rings. The van der Waals surface area contributed by atoms with E-state index >= 15 is 0 Å². The molecule has 1 aromatic rings. The van der Waals surface area contributed by atoms with Crippen molar-refractivity contribution in [1.29, 1.82) is 0 Å². The van der Waals surface area contributed by atoms with Crippen LogP contribution < -0.4 is 5.32 Å². The number of nitrogens with zero attached hydrogens (tertiary/aromatic N) is 2. The Morgan fingerprint density at radius 3 is 2.74 bits per heavy atom. The molecule has 2 heterocycles. The SMILES string of the molecule is COCC1C(C(=O)NCCN2CCOCC2)CCCN1Cc1ccccc1. The van der Waals surface area contributed by atoms with Gasteiger partial charge in [-0.15, -0.1) is 0 Å². The second kappa shape index (κ2) is 10.8. The summed E-state index contributed by atoms with van der Waals surface area (Å²) in [6, 6.07) is 10.6. The van der Waals surface area contributed by atoms with Gasteiger partial charge in [-0.1, -0.05) is 30.3 Å². The average molecular weight is 376 g/mol. The fourth-order valence-electron chi connectivity index (χ4n) is 4.13. The Kier molecular flexibility index (Phi) is 8.08. The molecule has 2 saturated heterocycles. The quantitative estimate of drug-likeness (QED) is 0.744.